The maximum Gasteiger partial charge on any atom is 0.333 e. The summed E-state index contributed by atoms with van der Waals surface area (Å²) < 4.78 is 5.13. The fourth-order valence-electron chi connectivity index (χ4n) is 3.18. The smallest absolute Gasteiger partial charge is 0.333 e. The molecular weight excluding hydrogens is 314 g/mol. The first kappa shape index (κ1) is 19.2. The van der Waals surface area contributed by atoms with E-state index >= 15 is 0 Å². The Kier molecular flexibility index (Phi) is 7.71. The average Bonchev–Trinajstić information content (AvgIpc) is 2.63. The molecule has 4 heteroatoms. The Labute approximate surface area is 150 Å². The molecule has 2 rings (SSSR count). The third-order valence-electron chi connectivity index (χ3n) is 4.54. The molecule has 136 valence electrons. The van der Waals surface area contributed by atoms with Crippen molar-refractivity contribution in [1.82, 2.24) is 5.32 Å². The molecule has 1 aromatic carbocycles. The van der Waals surface area contributed by atoms with Gasteiger partial charge in [-0.3, -0.25) is 4.79 Å². The number of unbranched alkanes of at least 4 members (excludes halogenated alkanes) is 5. The van der Waals surface area contributed by atoms with Crippen LogP contribution in [0.2, 0.25) is 0 Å². The van der Waals surface area contributed by atoms with Gasteiger partial charge in [0.05, 0.1) is 6.61 Å². The summed E-state index contributed by atoms with van der Waals surface area (Å²) in [4.78, 5) is 24.8. The van der Waals surface area contributed by atoms with E-state index in [1.807, 2.05) is 24.3 Å². The number of ketones is 1. The molecule has 1 aromatic rings. The van der Waals surface area contributed by atoms with Gasteiger partial charge in [-0.15, -0.1) is 0 Å². The number of nitrogens with one attached hydrogen (secondary N) is 1. The van der Waals surface area contributed by atoms with Gasteiger partial charge < -0.3 is 10.1 Å². The van der Waals surface area contributed by atoms with Crippen LogP contribution in [0.1, 0.15) is 76.0 Å². The molecule has 1 heterocycles. The van der Waals surface area contributed by atoms with Crippen molar-refractivity contribution in [1.29, 1.82) is 0 Å². The van der Waals surface area contributed by atoms with Crippen molar-refractivity contribution in [3.05, 3.63) is 41.6 Å². The number of hydrogen-bond donors (Lipinski definition) is 1. The summed E-state index contributed by atoms with van der Waals surface area (Å²) in [6.07, 6.45) is 9.20. The number of Topliss-reactive ketones (excluding diaryl/α,β-unsaturated/α-hetero) is 1. The van der Waals surface area contributed by atoms with Gasteiger partial charge in [0.15, 0.2) is 11.8 Å². The monoisotopic (exact) mass is 343 g/mol. The summed E-state index contributed by atoms with van der Waals surface area (Å²) in [6, 6.07) is 7.04. The van der Waals surface area contributed by atoms with E-state index in [1.54, 1.807) is 13.1 Å². The van der Waals surface area contributed by atoms with Crippen molar-refractivity contribution in [2.75, 3.05) is 6.61 Å². The van der Waals surface area contributed by atoms with Crippen molar-refractivity contribution in [3.8, 4) is 0 Å². The second-order valence-corrected chi connectivity index (χ2v) is 6.44. The highest BCUT2D eigenvalue weighted by Crippen LogP contribution is 2.31. The lowest BCUT2D eigenvalue weighted by molar-refractivity contribution is -0.145. The van der Waals surface area contributed by atoms with E-state index in [-0.39, 0.29) is 11.8 Å². The first-order chi connectivity index (χ1) is 12.2. The van der Waals surface area contributed by atoms with Crippen LogP contribution in [0.4, 0.5) is 0 Å². The van der Waals surface area contributed by atoms with Gasteiger partial charge in [-0.25, -0.2) is 4.79 Å². The van der Waals surface area contributed by atoms with E-state index in [4.69, 9.17) is 4.74 Å². The molecule has 1 unspecified atom stereocenters. The second-order valence-electron chi connectivity index (χ2n) is 6.44. The highest BCUT2D eigenvalue weighted by atomic mass is 16.5. The normalized spacial score (nSPS) is 15.8. The molecule has 1 atom stereocenters. The van der Waals surface area contributed by atoms with E-state index in [1.165, 1.54) is 25.7 Å². The largest absolute Gasteiger partial charge is 0.464 e. The Morgan fingerprint density at radius 2 is 1.76 bits per heavy atom. The molecule has 0 aliphatic carbocycles. The number of esters is 1. The number of hydrogen-bond acceptors (Lipinski definition) is 4. The number of fused-ring (bicyclic) bond motifs is 1. The third-order valence-corrected chi connectivity index (χ3v) is 4.54. The van der Waals surface area contributed by atoms with Gasteiger partial charge in [0.1, 0.15) is 0 Å². The van der Waals surface area contributed by atoms with Crippen molar-refractivity contribution in [2.24, 2.45) is 0 Å². The molecule has 4 nitrogen and oxygen atoms in total. The number of ether oxygens (including phenoxy) is 1. The van der Waals surface area contributed by atoms with Gasteiger partial charge in [-0.2, -0.15) is 0 Å². The molecule has 0 saturated heterocycles. The maximum atomic E-state index is 12.6. The summed E-state index contributed by atoms with van der Waals surface area (Å²) in [7, 11) is 0. The third kappa shape index (κ3) is 5.18. The molecule has 1 N–H and O–H groups in total. The highest BCUT2D eigenvalue weighted by Gasteiger charge is 2.29. The van der Waals surface area contributed by atoms with Crippen LogP contribution < -0.4 is 5.32 Å². The summed E-state index contributed by atoms with van der Waals surface area (Å²) in [5, 5.41) is 3.05. The minimum atomic E-state index is -0.540. The zero-order valence-electron chi connectivity index (χ0n) is 15.3. The predicted molar refractivity (Wildman–Crippen MR) is 99.9 cm³/mol. The molecule has 0 amide bonds. The average molecular weight is 343 g/mol. The van der Waals surface area contributed by atoms with Crippen molar-refractivity contribution in [2.45, 2.75) is 64.8 Å². The van der Waals surface area contributed by atoms with Crippen molar-refractivity contribution < 1.29 is 14.3 Å². The molecule has 0 radical (unpaired) electrons. The number of benzene rings is 1. The molecule has 1 aliphatic rings. The van der Waals surface area contributed by atoms with Crippen LogP contribution in [0.15, 0.2) is 30.5 Å². The fraction of sp³-hybridized carbons (Fsp3) is 0.524. The van der Waals surface area contributed by atoms with Gasteiger partial charge in [-0.1, -0.05) is 63.3 Å². The van der Waals surface area contributed by atoms with Crippen LogP contribution in [-0.4, -0.2) is 18.4 Å². The lowest BCUT2D eigenvalue weighted by atomic mass is 9.89. The van der Waals surface area contributed by atoms with Crippen LogP contribution in [0.3, 0.4) is 0 Å². The Bertz CT molecular complexity index is 621. The molecule has 0 saturated carbocycles. The van der Waals surface area contributed by atoms with Gasteiger partial charge >= 0.3 is 5.97 Å². The van der Waals surface area contributed by atoms with Gasteiger partial charge in [0.2, 0.25) is 0 Å². The molecular formula is C21H29NO3. The lowest BCUT2D eigenvalue weighted by Gasteiger charge is -2.25. The Morgan fingerprint density at radius 3 is 2.52 bits per heavy atom. The minimum absolute atomic E-state index is 0.137. The Morgan fingerprint density at radius 1 is 1.04 bits per heavy atom. The lowest BCUT2D eigenvalue weighted by Crippen LogP contribution is -2.31. The maximum absolute atomic E-state index is 12.6. The topological polar surface area (TPSA) is 55.4 Å². The molecule has 0 fully saturated rings. The minimum Gasteiger partial charge on any atom is -0.464 e. The number of carbonyl (C=O) groups is 2. The number of allylic oxidation sites excluding steroid dienone is 1. The Balaban J connectivity index is 2.00. The van der Waals surface area contributed by atoms with Crippen molar-refractivity contribution in [3.63, 3.8) is 0 Å². The van der Waals surface area contributed by atoms with Crippen LogP contribution >= 0.6 is 0 Å². The molecule has 25 heavy (non-hydrogen) atoms. The second kappa shape index (κ2) is 10.0. The first-order valence-electron chi connectivity index (χ1n) is 9.44. The zero-order chi connectivity index (χ0) is 18.1. The number of rotatable bonds is 10. The van der Waals surface area contributed by atoms with E-state index in [0.717, 1.165) is 24.0 Å². The van der Waals surface area contributed by atoms with E-state index in [9.17, 15) is 9.59 Å². The van der Waals surface area contributed by atoms with Crippen molar-refractivity contribution >= 4 is 17.3 Å². The molecule has 1 aliphatic heterocycles. The van der Waals surface area contributed by atoms with Crippen LogP contribution in [0, 0.1) is 0 Å². The summed E-state index contributed by atoms with van der Waals surface area (Å²) in [5.74, 6) is -0.175. The van der Waals surface area contributed by atoms with Crippen LogP contribution in [0.25, 0.3) is 5.57 Å². The van der Waals surface area contributed by atoms with Crippen LogP contribution in [-0.2, 0) is 14.3 Å². The van der Waals surface area contributed by atoms with Gasteiger partial charge in [-0.05, 0) is 24.5 Å². The molecule has 0 bridgehead atoms. The highest BCUT2D eigenvalue weighted by molar-refractivity contribution is 6.21. The van der Waals surface area contributed by atoms with E-state index < -0.39 is 6.04 Å². The molecule has 0 aromatic heterocycles. The summed E-state index contributed by atoms with van der Waals surface area (Å²) in [5.41, 5.74) is 2.33. The summed E-state index contributed by atoms with van der Waals surface area (Å²) in [6.45, 7) is 4.33. The predicted octanol–water partition coefficient (Wildman–Crippen LogP) is 4.55. The number of carbonyl (C=O) groups excluding carboxylic acids is 2. The standard InChI is InChI=1S/C21H29NO3/c1-3-5-6-7-8-9-14-19(23)18-15-22-20(21(24)25-4-2)17-13-11-10-12-16(17)18/h10-13,15,20,22H,3-9,14H2,1-2H3. The zero-order valence-corrected chi connectivity index (χ0v) is 15.3. The summed E-state index contributed by atoms with van der Waals surface area (Å²) >= 11 is 0. The van der Waals surface area contributed by atoms with Gasteiger partial charge in [0.25, 0.3) is 0 Å². The van der Waals surface area contributed by atoms with Crippen LogP contribution in [0.5, 0.6) is 0 Å². The molecule has 0 spiro atoms. The van der Waals surface area contributed by atoms with E-state index in [2.05, 4.69) is 12.2 Å². The first-order valence-corrected chi connectivity index (χ1v) is 9.44. The quantitative estimate of drug-likeness (QED) is 0.500. The van der Waals surface area contributed by atoms with Gasteiger partial charge in [0, 0.05) is 18.2 Å². The Hall–Kier alpha value is -2.10. The SMILES string of the molecule is CCCCCCCCC(=O)C1=CNC(C(=O)OCC)c2ccccc21. The van der Waals surface area contributed by atoms with E-state index in [0.29, 0.717) is 18.6 Å². The fourth-order valence-corrected chi connectivity index (χ4v) is 3.18.